The average Bonchev–Trinajstić information content (AvgIpc) is 2.87. The van der Waals surface area contributed by atoms with Crippen molar-refractivity contribution in [3.05, 3.63) is 23.8 Å². The van der Waals surface area contributed by atoms with Gasteiger partial charge in [-0.05, 0) is 43.5 Å². The Labute approximate surface area is 113 Å². The molecule has 1 heterocycles. The SMILES string of the molecule is COc1ccc(S(=O)(=O)N2CCC[C@@H]2CO)cc1C. The fourth-order valence-electron chi connectivity index (χ4n) is 2.45. The van der Waals surface area contributed by atoms with Gasteiger partial charge in [0.2, 0.25) is 10.0 Å². The van der Waals surface area contributed by atoms with E-state index in [2.05, 4.69) is 0 Å². The Morgan fingerprint density at radius 3 is 2.79 bits per heavy atom. The van der Waals surface area contributed by atoms with Crippen molar-refractivity contribution in [2.24, 2.45) is 0 Å². The van der Waals surface area contributed by atoms with Crippen molar-refractivity contribution in [2.75, 3.05) is 20.3 Å². The van der Waals surface area contributed by atoms with Crippen LogP contribution >= 0.6 is 0 Å². The van der Waals surface area contributed by atoms with Gasteiger partial charge in [-0.3, -0.25) is 0 Å². The molecule has 0 saturated carbocycles. The highest BCUT2D eigenvalue weighted by atomic mass is 32.2. The van der Waals surface area contributed by atoms with E-state index in [1.165, 1.54) is 4.31 Å². The Kier molecular flexibility index (Phi) is 4.13. The van der Waals surface area contributed by atoms with E-state index >= 15 is 0 Å². The van der Waals surface area contributed by atoms with Crippen LogP contribution in [0.1, 0.15) is 18.4 Å². The van der Waals surface area contributed by atoms with Crippen LogP contribution in [0.4, 0.5) is 0 Å². The number of sulfonamides is 1. The molecule has 0 unspecified atom stereocenters. The van der Waals surface area contributed by atoms with E-state index < -0.39 is 10.0 Å². The van der Waals surface area contributed by atoms with Crippen LogP contribution in [0.5, 0.6) is 5.75 Å². The largest absolute Gasteiger partial charge is 0.496 e. The van der Waals surface area contributed by atoms with Gasteiger partial charge in [0.05, 0.1) is 18.6 Å². The first-order valence-electron chi connectivity index (χ1n) is 6.28. The van der Waals surface area contributed by atoms with E-state index in [9.17, 15) is 13.5 Å². The second-order valence-electron chi connectivity index (χ2n) is 4.73. The molecule has 2 rings (SSSR count). The molecule has 1 aromatic carbocycles. The Bertz CT molecular complexity index is 556. The molecule has 1 N–H and O–H groups in total. The molecule has 1 aliphatic heterocycles. The third kappa shape index (κ3) is 2.61. The second kappa shape index (κ2) is 5.48. The van der Waals surface area contributed by atoms with Crippen LogP contribution in [0, 0.1) is 6.92 Å². The maximum atomic E-state index is 12.5. The first kappa shape index (κ1) is 14.3. The number of ether oxygens (including phenoxy) is 1. The molecule has 1 aromatic rings. The molecule has 0 spiro atoms. The smallest absolute Gasteiger partial charge is 0.243 e. The molecule has 0 aliphatic carbocycles. The summed E-state index contributed by atoms with van der Waals surface area (Å²) in [5, 5.41) is 9.26. The summed E-state index contributed by atoms with van der Waals surface area (Å²) in [5.41, 5.74) is 0.781. The molecule has 19 heavy (non-hydrogen) atoms. The summed E-state index contributed by atoms with van der Waals surface area (Å²) in [5.74, 6) is 0.666. The lowest BCUT2D eigenvalue weighted by molar-refractivity contribution is 0.213. The average molecular weight is 285 g/mol. The second-order valence-corrected chi connectivity index (χ2v) is 6.62. The zero-order valence-electron chi connectivity index (χ0n) is 11.2. The van der Waals surface area contributed by atoms with Gasteiger partial charge in [-0.15, -0.1) is 0 Å². The van der Waals surface area contributed by atoms with Gasteiger partial charge in [0.15, 0.2) is 0 Å². The number of rotatable bonds is 4. The number of aryl methyl sites for hydroxylation is 1. The molecule has 0 bridgehead atoms. The maximum absolute atomic E-state index is 12.5. The van der Waals surface area contributed by atoms with Gasteiger partial charge < -0.3 is 9.84 Å². The lowest BCUT2D eigenvalue weighted by atomic mass is 10.2. The first-order valence-corrected chi connectivity index (χ1v) is 7.72. The number of hydrogen-bond acceptors (Lipinski definition) is 4. The van der Waals surface area contributed by atoms with Crippen molar-refractivity contribution in [1.29, 1.82) is 0 Å². The van der Waals surface area contributed by atoms with Crippen molar-refractivity contribution >= 4 is 10.0 Å². The van der Waals surface area contributed by atoms with Crippen molar-refractivity contribution in [1.82, 2.24) is 4.31 Å². The van der Waals surface area contributed by atoms with Gasteiger partial charge in [0.25, 0.3) is 0 Å². The van der Waals surface area contributed by atoms with Crippen LogP contribution in [-0.4, -0.2) is 44.1 Å². The monoisotopic (exact) mass is 285 g/mol. The molecule has 1 fully saturated rings. The first-order chi connectivity index (χ1) is 9.00. The van der Waals surface area contributed by atoms with E-state index in [1.54, 1.807) is 25.3 Å². The summed E-state index contributed by atoms with van der Waals surface area (Å²) in [6.07, 6.45) is 1.50. The summed E-state index contributed by atoms with van der Waals surface area (Å²) in [6, 6.07) is 4.52. The molecular weight excluding hydrogens is 266 g/mol. The van der Waals surface area contributed by atoms with E-state index in [4.69, 9.17) is 4.74 Å². The van der Waals surface area contributed by atoms with Crippen LogP contribution in [-0.2, 0) is 10.0 Å². The molecule has 0 amide bonds. The number of methoxy groups -OCH3 is 1. The van der Waals surface area contributed by atoms with Gasteiger partial charge >= 0.3 is 0 Å². The third-order valence-corrected chi connectivity index (χ3v) is 5.45. The minimum Gasteiger partial charge on any atom is -0.496 e. The number of nitrogens with zero attached hydrogens (tertiary/aromatic N) is 1. The van der Waals surface area contributed by atoms with E-state index in [1.807, 2.05) is 6.92 Å². The third-order valence-electron chi connectivity index (χ3n) is 3.51. The molecule has 1 aliphatic rings. The van der Waals surface area contributed by atoms with Crippen molar-refractivity contribution in [2.45, 2.75) is 30.7 Å². The molecule has 106 valence electrons. The zero-order chi connectivity index (χ0) is 14.0. The molecule has 0 aromatic heterocycles. The summed E-state index contributed by atoms with van der Waals surface area (Å²) in [7, 11) is -1.98. The molecule has 5 nitrogen and oxygen atoms in total. The van der Waals surface area contributed by atoms with Crippen molar-refractivity contribution in [3.63, 3.8) is 0 Å². The topological polar surface area (TPSA) is 66.8 Å². The number of hydrogen-bond donors (Lipinski definition) is 1. The Hall–Kier alpha value is -1.11. The van der Waals surface area contributed by atoms with Gasteiger partial charge in [-0.25, -0.2) is 8.42 Å². The highest BCUT2D eigenvalue weighted by molar-refractivity contribution is 7.89. The van der Waals surface area contributed by atoms with Crippen LogP contribution in [0.25, 0.3) is 0 Å². The van der Waals surface area contributed by atoms with Crippen LogP contribution in [0.3, 0.4) is 0 Å². The predicted molar refractivity (Wildman–Crippen MR) is 71.7 cm³/mol. The number of aliphatic hydroxyl groups excluding tert-OH is 1. The predicted octanol–water partition coefficient (Wildman–Crippen LogP) is 1.15. The molecule has 1 saturated heterocycles. The Morgan fingerprint density at radius 1 is 1.47 bits per heavy atom. The quantitative estimate of drug-likeness (QED) is 0.901. The fraction of sp³-hybridized carbons (Fsp3) is 0.538. The number of aliphatic hydroxyl groups is 1. The van der Waals surface area contributed by atoms with Crippen LogP contribution in [0.15, 0.2) is 23.1 Å². The van der Waals surface area contributed by atoms with E-state index in [-0.39, 0.29) is 17.5 Å². The minimum absolute atomic E-state index is 0.131. The summed E-state index contributed by atoms with van der Waals surface area (Å²) >= 11 is 0. The van der Waals surface area contributed by atoms with E-state index in [0.29, 0.717) is 18.7 Å². The summed E-state index contributed by atoms with van der Waals surface area (Å²) < 4.78 is 31.6. The van der Waals surface area contributed by atoms with E-state index in [0.717, 1.165) is 12.0 Å². The number of benzene rings is 1. The Morgan fingerprint density at radius 2 is 2.21 bits per heavy atom. The molecule has 1 atom stereocenters. The summed E-state index contributed by atoms with van der Waals surface area (Å²) in [4.78, 5) is 0.256. The lowest BCUT2D eigenvalue weighted by Crippen LogP contribution is -2.37. The van der Waals surface area contributed by atoms with Gasteiger partial charge in [0.1, 0.15) is 5.75 Å². The van der Waals surface area contributed by atoms with Crippen LogP contribution in [0.2, 0.25) is 0 Å². The molecule has 0 radical (unpaired) electrons. The molecule has 6 heteroatoms. The minimum atomic E-state index is -3.53. The van der Waals surface area contributed by atoms with Crippen molar-refractivity contribution < 1.29 is 18.3 Å². The maximum Gasteiger partial charge on any atom is 0.243 e. The van der Waals surface area contributed by atoms with Gasteiger partial charge in [0, 0.05) is 12.6 Å². The van der Waals surface area contributed by atoms with Crippen LogP contribution < -0.4 is 4.74 Å². The highest BCUT2D eigenvalue weighted by Gasteiger charge is 2.34. The molecular formula is C13H19NO4S. The lowest BCUT2D eigenvalue weighted by Gasteiger charge is -2.22. The zero-order valence-corrected chi connectivity index (χ0v) is 12.0. The van der Waals surface area contributed by atoms with Gasteiger partial charge in [-0.2, -0.15) is 4.31 Å². The normalized spacial score (nSPS) is 20.7. The highest BCUT2D eigenvalue weighted by Crippen LogP contribution is 2.28. The van der Waals surface area contributed by atoms with Crippen molar-refractivity contribution in [3.8, 4) is 5.75 Å². The summed E-state index contributed by atoms with van der Waals surface area (Å²) in [6.45, 7) is 2.15. The fourth-order valence-corrected chi connectivity index (χ4v) is 4.23. The van der Waals surface area contributed by atoms with Gasteiger partial charge in [-0.1, -0.05) is 0 Å². The standard InChI is InChI=1S/C13H19NO4S/c1-10-8-12(5-6-13(10)18-2)19(16,17)14-7-3-4-11(14)9-15/h5-6,8,11,15H,3-4,7,9H2,1-2H3/t11-/m1/s1. The Balaban J connectivity index is 2.37.